The van der Waals surface area contributed by atoms with Gasteiger partial charge in [-0.3, -0.25) is 4.68 Å². The average Bonchev–Trinajstić information content (AvgIpc) is 3.22. The lowest BCUT2D eigenvalue weighted by Gasteiger charge is -2.26. The van der Waals surface area contributed by atoms with Gasteiger partial charge in [0, 0.05) is 23.8 Å². The van der Waals surface area contributed by atoms with Crippen LogP contribution in [0.4, 0.5) is 5.82 Å². The predicted molar refractivity (Wildman–Crippen MR) is 105 cm³/mol. The van der Waals surface area contributed by atoms with Gasteiger partial charge in [-0.2, -0.15) is 10.1 Å². The molecule has 0 radical (unpaired) electrons. The molecule has 3 rings (SSSR count). The summed E-state index contributed by atoms with van der Waals surface area (Å²) in [6.45, 7) is 8.33. The minimum absolute atomic E-state index is 0.0241. The molecule has 1 aromatic heterocycles. The van der Waals surface area contributed by atoms with Gasteiger partial charge in [0.1, 0.15) is 6.10 Å². The number of aliphatic imine (C=N–C) groups is 1. The molecule has 5 nitrogen and oxygen atoms in total. The highest BCUT2D eigenvalue weighted by Crippen LogP contribution is 2.34. The Hall–Kier alpha value is -1.85. The number of rotatable bonds is 6. The van der Waals surface area contributed by atoms with E-state index in [1.54, 1.807) is 0 Å². The first-order valence-corrected chi connectivity index (χ1v) is 9.31. The molecule has 0 unspecified atom stereocenters. The maximum Gasteiger partial charge on any atom is 0.184 e. The molecule has 138 valence electrons. The van der Waals surface area contributed by atoms with Gasteiger partial charge >= 0.3 is 0 Å². The Kier molecular flexibility index (Phi) is 5.99. The van der Waals surface area contributed by atoms with Crippen LogP contribution in [0.2, 0.25) is 0 Å². The van der Waals surface area contributed by atoms with E-state index in [0.717, 1.165) is 17.7 Å². The van der Waals surface area contributed by atoms with Crippen LogP contribution in [-0.4, -0.2) is 34.3 Å². The molecule has 1 saturated heterocycles. The summed E-state index contributed by atoms with van der Waals surface area (Å²) in [6, 6.07) is 12.3. The maximum atomic E-state index is 5.94. The molecule has 1 aromatic carbocycles. The molecule has 0 bridgehead atoms. The number of isothiocyanates is 1. The molecule has 0 aliphatic carbocycles. The largest absolute Gasteiger partial charge is 0.374 e. The highest BCUT2D eigenvalue weighted by Gasteiger charge is 2.34. The lowest BCUT2D eigenvalue weighted by atomic mass is 9.91. The fourth-order valence-corrected chi connectivity index (χ4v) is 3.33. The second-order valence-corrected chi connectivity index (χ2v) is 7.73. The first kappa shape index (κ1) is 18.9. The van der Waals surface area contributed by atoms with Gasteiger partial charge in [0.05, 0.1) is 24.4 Å². The number of ether oxygens (including phenoxy) is 2. The van der Waals surface area contributed by atoms with Crippen LogP contribution in [0.15, 0.2) is 41.4 Å². The van der Waals surface area contributed by atoms with Crippen LogP contribution in [0.5, 0.6) is 0 Å². The zero-order valence-electron chi connectivity index (χ0n) is 15.5. The fraction of sp³-hybridized carbons (Fsp3) is 0.500. The molecule has 2 atom stereocenters. The highest BCUT2D eigenvalue weighted by molar-refractivity contribution is 7.78. The van der Waals surface area contributed by atoms with Crippen LogP contribution in [-0.2, 0) is 21.5 Å². The Labute approximate surface area is 160 Å². The van der Waals surface area contributed by atoms with Gasteiger partial charge in [-0.15, -0.1) is 0 Å². The van der Waals surface area contributed by atoms with Crippen LogP contribution in [0.1, 0.15) is 44.5 Å². The molecule has 0 amide bonds. The van der Waals surface area contributed by atoms with Gasteiger partial charge < -0.3 is 9.47 Å². The van der Waals surface area contributed by atoms with Crippen molar-refractivity contribution in [3.05, 3.63) is 47.7 Å². The second kappa shape index (κ2) is 8.23. The minimum Gasteiger partial charge on any atom is -0.374 e. The topological polar surface area (TPSA) is 48.6 Å². The van der Waals surface area contributed by atoms with E-state index in [1.807, 2.05) is 24.3 Å². The first-order chi connectivity index (χ1) is 12.5. The Morgan fingerprint density at radius 2 is 2.12 bits per heavy atom. The van der Waals surface area contributed by atoms with Gasteiger partial charge in [0.2, 0.25) is 0 Å². The summed E-state index contributed by atoms with van der Waals surface area (Å²) in [5.74, 6) is 0.598. The van der Waals surface area contributed by atoms with E-state index in [9.17, 15) is 0 Å². The van der Waals surface area contributed by atoms with Gasteiger partial charge in [0.25, 0.3) is 0 Å². The van der Waals surface area contributed by atoms with E-state index in [1.165, 1.54) is 0 Å². The second-order valence-electron chi connectivity index (χ2n) is 7.55. The zero-order valence-corrected chi connectivity index (χ0v) is 16.3. The molecule has 26 heavy (non-hydrogen) atoms. The van der Waals surface area contributed by atoms with E-state index in [0.29, 0.717) is 25.6 Å². The summed E-state index contributed by atoms with van der Waals surface area (Å²) >= 11 is 4.73. The minimum atomic E-state index is -0.0553. The summed E-state index contributed by atoms with van der Waals surface area (Å²) in [5, 5.41) is 7.06. The molecule has 6 heteroatoms. The Bertz CT molecular complexity index is 776. The van der Waals surface area contributed by atoms with Crippen molar-refractivity contribution in [2.24, 2.45) is 4.99 Å². The number of benzene rings is 1. The molecule has 1 aliphatic heterocycles. The summed E-state index contributed by atoms with van der Waals surface area (Å²) in [7, 11) is 0. The first-order valence-electron chi connectivity index (χ1n) is 8.90. The summed E-state index contributed by atoms with van der Waals surface area (Å²) in [6.07, 6.45) is 0.884. The number of hydrogen-bond donors (Lipinski definition) is 0. The zero-order chi connectivity index (χ0) is 18.6. The Balaban J connectivity index is 1.74. The van der Waals surface area contributed by atoms with E-state index in [2.05, 4.69) is 52.8 Å². The monoisotopic (exact) mass is 371 g/mol. The van der Waals surface area contributed by atoms with Crippen molar-refractivity contribution in [2.45, 2.75) is 51.4 Å². The molecule has 1 aliphatic rings. The number of aromatic nitrogens is 2. The summed E-state index contributed by atoms with van der Waals surface area (Å²) in [5.41, 5.74) is 2.22. The van der Waals surface area contributed by atoms with Crippen molar-refractivity contribution in [1.82, 2.24) is 9.78 Å². The maximum absolute atomic E-state index is 5.94. The van der Waals surface area contributed by atoms with Crippen molar-refractivity contribution < 1.29 is 9.47 Å². The predicted octanol–water partition coefficient (Wildman–Crippen LogP) is 4.46. The van der Waals surface area contributed by atoms with Crippen molar-refractivity contribution in [3.8, 4) is 0 Å². The molecular formula is C20H25N3O2S. The van der Waals surface area contributed by atoms with Gasteiger partial charge in [-0.05, 0) is 24.2 Å². The van der Waals surface area contributed by atoms with Crippen LogP contribution in [0.25, 0.3) is 0 Å². The standard InChI is InChI=1S/C20H25N3O2S/c1-20(2,3)18-11-19(21-14-26)22-23(18)16-9-10-25-17(16)13-24-12-15-7-5-4-6-8-15/h4-8,11,16-17H,9-10,12-13H2,1-3H3/t16-,17+/m0/s1. The van der Waals surface area contributed by atoms with E-state index < -0.39 is 0 Å². The van der Waals surface area contributed by atoms with Gasteiger partial charge in [-0.1, -0.05) is 51.1 Å². The van der Waals surface area contributed by atoms with Crippen LogP contribution >= 0.6 is 12.2 Å². The normalized spacial score (nSPS) is 20.1. The SMILES string of the molecule is CC(C)(C)c1cc(N=C=S)nn1[C@H]1CCO[C@@H]1COCc1ccccc1. The lowest BCUT2D eigenvalue weighted by molar-refractivity contribution is -0.00445. The van der Waals surface area contributed by atoms with Crippen molar-refractivity contribution in [1.29, 1.82) is 0 Å². The van der Waals surface area contributed by atoms with Gasteiger partial charge in [0.15, 0.2) is 5.82 Å². The molecule has 1 fully saturated rings. The third kappa shape index (κ3) is 4.46. The highest BCUT2D eigenvalue weighted by atomic mass is 32.1. The number of thiocarbonyl (C=S) groups is 1. The molecule has 2 aromatic rings. The third-order valence-corrected chi connectivity index (χ3v) is 4.63. The summed E-state index contributed by atoms with van der Waals surface area (Å²) < 4.78 is 13.9. The van der Waals surface area contributed by atoms with Crippen LogP contribution in [0.3, 0.4) is 0 Å². The molecule has 2 heterocycles. The lowest BCUT2D eigenvalue weighted by Crippen LogP contribution is -2.29. The quantitative estimate of drug-likeness (QED) is 0.556. The van der Waals surface area contributed by atoms with Crippen molar-refractivity contribution in [2.75, 3.05) is 13.2 Å². The van der Waals surface area contributed by atoms with E-state index in [4.69, 9.17) is 21.7 Å². The Morgan fingerprint density at radius 3 is 2.81 bits per heavy atom. The number of hydrogen-bond acceptors (Lipinski definition) is 5. The fourth-order valence-electron chi connectivity index (χ4n) is 3.24. The Morgan fingerprint density at radius 1 is 1.35 bits per heavy atom. The third-order valence-electron chi connectivity index (χ3n) is 4.53. The summed E-state index contributed by atoms with van der Waals surface area (Å²) in [4.78, 5) is 4.06. The average molecular weight is 372 g/mol. The number of nitrogens with zero attached hydrogens (tertiary/aromatic N) is 3. The molecule has 0 N–H and O–H groups in total. The van der Waals surface area contributed by atoms with E-state index in [-0.39, 0.29) is 17.6 Å². The molecule has 0 spiro atoms. The smallest absolute Gasteiger partial charge is 0.184 e. The van der Waals surface area contributed by atoms with Crippen LogP contribution < -0.4 is 0 Å². The van der Waals surface area contributed by atoms with Crippen molar-refractivity contribution in [3.63, 3.8) is 0 Å². The van der Waals surface area contributed by atoms with Crippen molar-refractivity contribution >= 4 is 23.2 Å². The van der Waals surface area contributed by atoms with E-state index >= 15 is 0 Å². The van der Waals surface area contributed by atoms with Gasteiger partial charge in [-0.25, -0.2) is 0 Å². The molecule has 0 saturated carbocycles. The molecular weight excluding hydrogens is 346 g/mol. The van der Waals surface area contributed by atoms with Crippen LogP contribution in [0, 0.1) is 0 Å².